The second-order valence-corrected chi connectivity index (χ2v) is 3.23. The van der Waals surface area contributed by atoms with Crippen LogP contribution in [0.25, 0.3) is 27.4 Å². The maximum Gasteiger partial charge on any atom is 0.0707 e. The third kappa shape index (κ3) is 2.19. The lowest BCUT2D eigenvalue weighted by molar-refractivity contribution is 1.22. The molecule has 0 unspecified atom stereocenters. The first-order chi connectivity index (χ1) is 7.92. The van der Waals surface area contributed by atoms with Gasteiger partial charge in [-0.25, -0.2) is 0 Å². The molecule has 0 N–H and O–H groups in total. The monoisotopic (exact) mass is 210 g/mol. The quantitative estimate of drug-likeness (QED) is 0.434. The zero-order valence-electron chi connectivity index (χ0n) is 8.61. The Bertz CT molecular complexity index is 563. The Morgan fingerprint density at radius 2 is 2.25 bits per heavy atom. The van der Waals surface area contributed by atoms with Gasteiger partial charge >= 0.3 is 0 Å². The van der Waals surface area contributed by atoms with Gasteiger partial charge in [0, 0.05) is 23.0 Å². The van der Waals surface area contributed by atoms with Gasteiger partial charge in [-0.1, -0.05) is 35.5 Å². The first-order valence-corrected chi connectivity index (χ1v) is 4.93. The molecule has 1 aromatic carbocycles. The van der Waals surface area contributed by atoms with E-state index in [4.69, 9.17) is 5.53 Å². The third-order valence-electron chi connectivity index (χ3n) is 2.23. The molecule has 78 valence electrons. The fraction of sp³-hybridized carbons (Fsp3) is 0.0833. The SMILES string of the molecule is [N-]=[N+]=NCC=Cc1cccc2ncccc12. The number of pyridine rings is 1. The van der Waals surface area contributed by atoms with Crippen LogP contribution in [0.5, 0.6) is 0 Å². The van der Waals surface area contributed by atoms with Gasteiger partial charge in [-0.3, -0.25) is 4.98 Å². The number of fused-ring (bicyclic) bond motifs is 1. The van der Waals surface area contributed by atoms with Gasteiger partial charge in [0.1, 0.15) is 0 Å². The van der Waals surface area contributed by atoms with Crippen molar-refractivity contribution >= 4 is 17.0 Å². The molecule has 0 aliphatic heterocycles. The molecular weight excluding hydrogens is 200 g/mol. The highest BCUT2D eigenvalue weighted by Crippen LogP contribution is 2.17. The highest BCUT2D eigenvalue weighted by Gasteiger charge is 1.96. The van der Waals surface area contributed by atoms with Gasteiger partial charge in [0.15, 0.2) is 0 Å². The fourth-order valence-corrected chi connectivity index (χ4v) is 1.54. The molecule has 1 aromatic heterocycles. The summed E-state index contributed by atoms with van der Waals surface area (Å²) < 4.78 is 0. The van der Waals surface area contributed by atoms with Gasteiger partial charge in [-0.15, -0.1) is 0 Å². The van der Waals surface area contributed by atoms with Crippen LogP contribution < -0.4 is 0 Å². The summed E-state index contributed by atoms with van der Waals surface area (Å²) in [5, 5.41) is 4.54. The van der Waals surface area contributed by atoms with E-state index in [-0.39, 0.29) is 0 Å². The van der Waals surface area contributed by atoms with Crippen LogP contribution in [0.3, 0.4) is 0 Å². The molecule has 0 bridgehead atoms. The molecule has 0 saturated heterocycles. The summed E-state index contributed by atoms with van der Waals surface area (Å²) in [6.07, 6.45) is 5.55. The topological polar surface area (TPSA) is 61.7 Å². The van der Waals surface area contributed by atoms with Crippen LogP contribution >= 0.6 is 0 Å². The van der Waals surface area contributed by atoms with Crippen molar-refractivity contribution in [3.63, 3.8) is 0 Å². The lowest BCUT2D eigenvalue weighted by atomic mass is 10.1. The Hall–Kier alpha value is -2.32. The van der Waals surface area contributed by atoms with Crippen LogP contribution in [0.2, 0.25) is 0 Å². The van der Waals surface area contributed by atoms with Crippen molar-refractivity contribution in [3.05, 3.63) is 58.6 Å². The number of azide groups is 1. The summed E-state index contributed by atoms with van der Waals surface area (Å²) in [4.78, 5) is 6.96. The molecule has 4 heteroatoms. The van der Waals surface area contributed by atoms with E-state index in [1.165, 1.54) is 0 Å². The Morgan fingerprint density at radius 1 is 1.31 bits per heavy atom. The molecule has 0 atom stereocenters. The Balaban J connectivity index is 2.37. The zero-order valence-corrected chi connectivity index (χ0v) is 8.61. The maximum atomic E-state index is 8.15. The van der Waals surface area contributed by atoms with Crippen molar-refractivity contribution in [1.82, 2.24) is 4.98 Å². The molecule has 0 saturated carbocycles. The maximum absolute atomic E-state index is 8.15. The largest absolute Gasteiger partial charge is 0.256 e. The molecule has 0 radical (unpaired) electrons. The summed E-state index contributed by atoms with van der Waals surface area (Å²) in [5.74, 6) is 0. The molecule has 0 fully saturated rings. The van der Waals surface area contributed by atoms with E-state index in [0.717, 1.165) is 16.5 Å². The minimum Gasteiger partial charge on any atom is -0.256 e. The third-order valence-corrected chi connectivity index (χ3v) is 2.23. The molecule has 2 rings (SSSR count). The zero-order chi connectivity index (χ0) is 11.2. The van der Waals surface area contributed by atoms with E-state index in [9.17, 15) is 0 Å². The minimum absolute atomic E-state index is 0.368. The number of hydrogen-bond donors (Lipinski definition) is 0. The van der Waals surface area contributed by atoms with Crippen LogP contribution in [-0.2, 0) is 0 Å². The summed E-state index contributed by atoms with van der Waals surface area (Å²) in [6.45, 7) is 0.368. The highest BCUT2D eigenvalue weighted by molar-refractivity contribution is 5.87. The Kier molecular flexibility index (Phi) is 3.16. The molecule has 0 spiro atoms. The van der Waals surface area contributed by atoms with Gasteiger partial charge in [0.2, 0.25) is 0 Å². The lowest BCUT2D eigenvalue weighted by Gasteiger charge is -2.00. The van der Waals surface area contributed by atoms with Crippen LogP contribution in [0, 0.1) is 0 Å². The number of aromatic nitrogens is 1. The van der Waals surface area contributed by atoms with Gasteiger partial charge in [-0.05, 0) is 23.2 Å². The molecule has 2 aromatic rings. The first-order valence-electron chi connectivity index (χ1n) is 4.93. The van der Waals surface area contributed by atoms with Crippen LogP contribution in [-0.4, -0.2) is 11.5 Å². The minimum atomic E-state index is 0.368. The van der Waals surface area contributed by atoms with Gasteiger partial charge in [0.25, 0.3) is 0 Å². The van der Waals surface area contributed by atoms with E-state index < -0.39 is 0 Å². The van der Waals surface area contributed by atoms with Crippen molar-refractivity contribution in [2.75, 3.05) is 6.54 Å². The van der Waals surface area contributed by atoms with Crippen molar-refractivity contribution in [2.24, 2.45) is 5.11 Å². The summed E-state index contributed by atoms with van der Waals surface area (Å²) >= 11 is 0. The standard InChI is InChI=1S/C12H10N4/c13-16-15-9-2-5-10-4-1-7-12-11(10)6-3-8-14-12/h1-8H,9H2. The number of rotatable bonds is 3. The van der Waals surface area contributed by atoms with Gasteiger partial charge in [0.05, 0.1) is 5.52 Å². The molecule has 16 heavy (non-hydrogen) atoms. The predicted molar refractivity (Wildman–Crippen MR) is 64.8 cm³/mol. The summed E-state index contributed by atoms with van der Waals surface area (Å²) in [5.41, 5.74) is 10.2. The van der Waals surface area contributed by atoms with Crippen molar-refractivity contribution in [2.45, 2.75) is 0 Å². The van der Waals surface area contributed by atoms with E-state index in [0.29, 0.717) is 6.54 Å². The number of nitrogens with zero attached hydrogens (tertiary/aromatic N) is 4. The Morgan fingerprint density at radius 3 is 3.12 bits per heavy atom. The average Bonchev–Trinajstić information content (AvgIpc) is 2.35. The average molecular weight is 210 g/mol. The second kappa shape index (κ2) is 4.96. The van der Waals surface area contributed by atoms with Crippen molar-refractivity contribution in [3.8, 4) is 0 Å². The van der Waals surface area contributed by atoms with Gasteiger partial charge in [-0.2, -0.15) is 0 Å². The van der Waals surface area contributed by atoms with Crippen molar-refractivity contribution in [1.29, 1.82) is 0 Å². The first kappa shape index (κ1) is 10.2. The summed E-state index contributed by atoms with van der Waals surface area (Å²) in [7, 11) is 0. The molecule has 0 amide bonds. The lowest BCUT2D eigenvalue weighted by Crippen LogP contribution is -1.81. The van der Waals surface area contributed by atoms with Crippen LogP contribution in [0.4, 0.5) is 0 Å². The number of benzene rings is 1. The van der Waals surface area contributed by atoms with E-state index in [1.807, 2.05) is 42.5 Å². The normalized spacial score (nSPS) is 10.5. The summed E-state index contributed by atoms with van der Waals surface area (Å²) in [6, 6.07) is 9.88. The predicted octanol–water partition coefficient (Wildman–Crippen LogP) is 3.56. The molecular formula is C12H10N4. The van der Waals surface area contributed by atoms with Crippen LogP contribution in [0.1, 0.15) is 5.56 Å². The Labute approximate surface area is 92.9 Å². The number of hydrogen-bond acceptors (Lipinski definition) is 2. The molecule has 0 aliphatic carbocycles. The van der Waals surface area contributed by atoms with E-state index in [2.05, 4.69) is 15.0 Å². The van der Waals surface area contributed by atoms with Gasteiger partial charge < -0.3 is 0 Å². The van der Waals surface area contributed by atoms with Crippen molar-refractivity contribution < 1.29 is 0 Å². The molecule has 4 nitrogen and oxygen atoms in total. The van der Waals surface area contributed by atoms with Crippen LogP contribution in [0.15, 0.2) is 47.7 Å². The molecule has 1 heterocycles. The molecule has 0 aliphatic rings. The van der Waals surface area contributed by atoms with E-state index >= 15 is 0 Å². The highest BCUT2D eigenvalue weighted by atomic mass is 15.1. The van der Waals surface area contributed by atoms with E-state index in [1.54, 1.807) is 6.20 Å². The smallest absolute Gasteiger partial charge is 0.0707 e. The second-order valence-electron chi connectivity index (χ2n) is 3.23. The fourth-order valence-electron chi connectivity index (χ4n) is 1.54.